The largest absolute Gasteiger partial charge is 0.497 e. The van der Waals surface area contributed by atoms with E-state index in [2.05, 4.69) is 21.9 Å². The molecule has 10 heteroatoms. The van der Waals surface area contributed by atoms with Crippen LogP contribution in [-0.2, 0) is 10.0 Å². The van der Waals surface area contributed by atoms with Gasteiger partial charge in [0.05, 0.1) is 24.3 Å². The molecule has 36 heavy (non-hydrogen) atoms. The SMILES string of the molecule is CCCOc1ccc(-c2csc(NC(=O)c3ccc(NS(=O)(=O)c4ccc(OC)cc4)cc3)n2)cc1. The van der Waals surface area contributed by atoms with Crippen LogP contribution in [0, 0.1) is 0 Å². The maximum atomic E-state index is 12.7. The van der Waals surface area contributed by atoms with Gasteiger partial charge in [0.1, 0.15) is 11.5 Å². The Bertz CT molecular complexity index is 1420. The van der Waals surface area contributed by atoms with Crippen molar-refractivity contribution >= 4 is 38.1 Å². The number of anilines is 2. The first kappa shape index (κ1) is 25.2. The van der Waals surface area contributed by atoms with Gasteiger partial charge in [-0.3, -0.25) is 14.8 Å². The van der Waals surface area contributed by atoms with Gasteiger partial charge < -0.3 is 9.47 Å². The van der Waals surface area contributed by atoms with Crippen LogP contribution in [-0.4, -0.2) is 33.0 Å². The summed E-state index contributed by atoms with van der Waals surface area (Å²) in [5.41, 5.74) is 2.38. The summed E-state index contributed by atoms with van der Waals surface area (Å²) in [7, 11) is -2.26. The first-order valence-corrected chi connectivity index (χ1v) is 13.5. The van der Waals surface area contributed by atoms with Crippen molar-refractivity contribution in [1.29, 1.82) is 0 Å². The van der Waals surface area contributed by atoms with E-state index in [9.17, 15) is 13.2 Å². The number of sulfonamides is 1. The van der Waals surface area contributed by atoms with Gasteiger partial charge >= 0.3 is 0 Å². The fraction of sp³-hybridized carbons (Fsp3) is 0.154. The number of aromatic nitrogens is 1. The van der Waals surface area contributed by atoms with Gasteiger partial charge in [-0.05, 0) is 79.2 Å². The second kappa shape index (κ2) is 11.2. The van der Waals surface area contributed by atoms with Crippen LogP contribution >= 0.6 is 11.3 Å². The molecule has 0 aliphatic heterocycles. The summed E-state index contributed by atoms with van der Waals surface area (Å²) in [6, 6.07) is 19.9. The summed E-state index contributed by atoms with van der Waals surface area (Å²) in [6.45, 7) is 2.72. The zero-order valence-corrected chi connectivity index (χ0v) is 21.4. The monoisotopic (exact) mass is 523 g/mol. The number of hydrogen-bond acceptors (Lipinski definition) is 7. The number of nitrogens with one attached hydrogen (secondary N) is 2. The molecule has 1 aromatic heterocycles. The number of amides is 1. The van der Waals surface area contributed by atoms with E-state index in [0.29, 0.717) is 28.7 Å². The minimum absolute atomic E-state index is 0.104. The van der Waals surface area contributed by atoms with E-state index in [0.717, 1.165) is 23.4 Å². The minimum Gasteiger partial charge on any atom is -0.497 e. The van der Waals surface area contributed by atoms with Gasteiger partial charge in [0, 0.05) is 22.2 Å². The predicted octanol–water partition coefficient (Wildman–Crippen LogP) is 5.66. The number of rotatable bonds is 10. The van der Waals surface area contributed by atoms with E-state index in [4.69, 9.17) is 9.47 Å². The highest BCUT2D eigenvalue weighted by Gasteiger charge is 2.15. The molecule has 0 saturated heterocycles. The lowest BCUT2D eigenvalue weighted by atomic mass is 10.2. The second-order valence-electron chi connectivity index (χ2n) is 7.72. The van der Waals surface area contributed by atoms with E-state index in [1.54, 1.807) is 24.3 Å². The van der Waals surface area contributed by atoms with Crippen LogP contribution in [0.1, 0.15) is 23.7 Å². The molecule has 4 aromatic rings. The molecule has 0 aliphatic rings. The highest BCUT2D eigenvalue weighted by Crippen LogP contribution is 2.27. The molecule has 0 spiro atoms. The van der Waals surface area contributed by atoms with Crippen LogP contribution in [0.15, 0.2) is 83.1 Å². The third kappa shape index (κ3) is 6.21. The quantitative estimate of drug-likeness (QED) is 0.278. The van der Waals surface area contributed by atoms with Gasteiger partial charge in [0.2, 0.25) is 0 Å². The Balaban J connectivity index is 1.37. The van der Waals surface area contributed by atoms with E-state index >= 15 is 0 Å². The Labute approximate surface area is 214 Å². The Morgan fingerprint density at radius 2 is 1.61 bits per heavy atom. The summed E-state index contributed by atoms with van der Waals surface area (Å²) in [6.07, 6.45) is 0.943. The van der Waals surface area contributed by atoms with E-state index < -0.39 is 10.0 Å². The van der Waals surface area contributed by atoms with Gasteiger partial charge in [-0.1, -0.05) is 6.92 Å². The van der Waals surface area contributed by atoms with Crippen LogP contribution < -0.4 is 19.5 Å². The normalized spacial score (nSPS) is 11.1. The Hall–Kier alpha value is -3.89. The molecular formula is C26H25N3O5S2. The highest BCUT2D eigenvalue weighted by molar-refractivity contribution is 7.92. The minimum atomic E-state index is -3.77. The van der Waals surface area contributed by atoms with Gasteiger partial charge in [-0.15, -0.1) is 11.3 Å². The fourth-order valence-electron chi connectivity index (χ4n) is 3.23. The van der Waals surface area contributed by atoms with Crippen LogP contribution in [0.5, 0.6) is 11.5 Å². The molecule has 3 aromatic carbocycles. The molecule has 4 rings (SSSR count). The summed E-state index contributed by atoms with van der Waals surface area (Å²) in [4.78, 5) is 17.3. The van der Waals surface area contributed by atoms with E-state index in [1.807, 2.05) is 29.6 Å². The molecule has 0 radical (unpaired) electrons. The van der Waals surface area contributed by atoms with Gasteiger partial charge in [0.15, 0.2) is 5.13 Å². The lowest BCUT2D eigenvalue weighted by molar-refractivity contribution is 0.102. The van der Waals surface area contributed by atoms with Crippen molar-refractivity contribution in [2.45, 2.75) is 18.2 Å². The highest BCUT2D eigenvalue weighted by atomic mass is 32.2. The maximum absolute atomic E-state index is 12.7. The predicted molar refractivity (Wildman–Crippen MR) is 142 cm³/mol. The topological polar surface area (TPSA) is 107 Å². The average molecular weight is 524 g/mol. The van der Waals surface area contributed by atoms with Gasteiger partial charge in [-0.25, -0.2) is 13.4 Å². The molecule has 186 valence electrons. The lowest BCUT2D eigenvalue weighted by Gasteiger charge is -2.09. The Kier molecular flexibility index (Phi) is 7.87. The number of ether oxygens (including phenoxy) is 2. The molecule has 0 fully saturated rings. The number of carbonyl (C=O) groups is 1. The average Bonchev–Trinajstić information content (AvgIpc) is 3.36. The maximum Gasteiger partial charge on any atom is 0.261 e. The molecule has 0 unspecified atom stereocenters. The first-order valence-electron chi connectivity index (χ1n) is 11.1. The van der Waals surface area contributed by atoms with Crippen molar-refractivity contribution in [3.8, 4) is 22.8 Å². The first-order chi connectivity index (χ1) is 17.4. The Morgan fingerprint density at radius 1 is 0.944 bits per heavy atom. The van der Waals surface area contributed by atoms with Gasteiger partial charge in [-0.2, -0.15) is 0 Å². The molecule has 0 saturated carbocycles. The second-order valence-corrected chi connectivity index (χ2v) is 10.3. The third-order valence-electron chi connectivity index (χ3n) is 5.12. The fourth-order valence-corrected chi connectivity index (χ4v) is 5.01. The number of carbonyl (C=O) groups excluding carboxylic acids is 1. The molecule has 8 nitrogen and oxygen atoms in total. The Morgan fingerprint density at radius 3 is 2.25 bits per heavy atom. The summed E-state index contributed by atoms with van der Waals surface area (Å²) in [5, 5.41) is 5.12. The van der Waals surface area contributed by atoms with Crippen molar-refractivity contribution < 1.29 is 22.7 Å². The van der Waals surface area contributed by atoms with Crippen molar-refractivity contribution in [2.75, 3.05) is 23.8 Å². The van der Waals surface area contributed by atoms with Crippen molar-refractivity contribution in [3.63, 3.8) is 0 Å². The summed E-state index contributed by atoms with van der Waals surface area (Å²) in [5.74, 6) is 1.02. The molecule has 2 N–H and O–H groups in total. The van der Waals surface area contributed by atoms with Crippen LogP contribution in [0.25, 0.3) is 11.3 Å². The van der Waals surface area contributed by atoms with E-state index in [-0.39, 0.29) is 10.8 Å². The molecule has 0 atom stereocenters. The molecule has 0 bridgehead atoms. The van der Waals surface area contributed by atoms with Crippen LogP contribution in [0.2, 0.25) is 0 Å². The van der Waals surface area contributed by atoms with Gasteiger partial charge in [0.25, 0.3) is 15.9 Å². The third-order valence-corrected chi connectivity index (χ3v) is 7.27. The van der Waals surface area contributed by atoms with E-state index in [1.165, 1.54) is 42.7 Å². The van der Waals surface area contributed by atoms with Crippen molar-refractivity contribution in [2.24, 2.45) is 0 Å². The lowest BCUT2D eigenvalue weighted by Crippen LogP contribution is -2.14. The smallest absolute Gasteiger partial charge is 0.261 e. The van der Waals surface area contributed by atoms with Crippen LogP contribution in [0.3, 0.4) is 0 Å². The number of benzene rings is 3. The van der Waals surface area contributed by atoms with Crippen LogP contribution in [0.4, 0.5) is 10.8 Å². The number of hydrogen-bond donors (Lipinski definition) is 2. The van der Waals surface area contributed by atoms with Crippen molar-refractivity contribution in [1.82, 2.24) is 4.98 Å². The molecular weight excluding hydrogens is 498 g/mol. The standard InChI is InChI=1S/C26H25N3O5S2/c1-3-16-34-22-10-6-18(7-11-22)24-17-35-26(27-24)28-25(30)19-4-8-20(9-5-19)29-36(31,32)23-14-12-21(33-2)13-15-23/h4-15,17,29H,3,16H2,1-2H3,(H,27,28,30). The summed E-state index contributed by atoms with van der Waals surface area (Å²) >= 11 is 1.32. The number of methoxy groups -OCH3 is 1. The molecule has 1 heterocycles. The molecule has 1 amide bonds. The summed E-state index contributed by atoms with van der Waals surface area (Å²) < 4.78 is 38.4. The zero-order chi connectivity index (χ0) is 25.5. The van der Waals surface area contributed by atoms with Crippen molar-refractivity contribution in [3.05, 3.63) is 83.7 Å². The number of nitrogens with zero attached hydrogens (tertiary/aromatic N) is 1. The molecule has 0 aliphatic carbocycles. The number of thiazole rings is 1. The zero-order valence-electron chi connectivity index (χ0n) is 19.7.